The summed E-state index contributed by atoms with van der Waals surface area (Å²) in [6, 6.07) is 23.8. The van der Waals surface area contributed by atoms with Crippen LogP contribution in [0, 0.1) is 0 Å². The maximum absolute atomic E-state index is 13.6. The molecule has 2 unspecified atom stereocenters. The molecular weight excluding hydrogens is 552 g/mol. The van der Waals surface area contributed by atoms with Crippen LogP contribution in [0.2, 0.25) is 0 Å². The van der Waals surface area contributed by atoms with Crippen molar-refractivity contribution in [3.05, 3.63) is 106 Å². The number of thiazole rings is 1. The second-order valence-corrected chi connectivity index (χ2v) is 10.8. The Bertz CT molecular complexity index is 1530. The lowest BCUT2D eigenvalue weighted by Gasteiger charge is -2.22. The molecule has 2 atom stereocenters. The predicted molar refractivity (Wildman–Crippen MR) is 152 cm³/mol. The summed E-state index contributed by atoms with van der Waals surface area (Å²) in [7, 11) is -2.92. The van der Waals surface area contributed by atoms with Gasteiger partial charge in [0.15, 0.2) is 0 Å². The zero-order valence-corrected chi connectivity index (χ0v) is 23.2. The molecule has 2 amide bonds. The van der Waals surface area contributed by atoms with Gasteiger partial charge in [0.25, 0.3) is 0 Å². The number of benzene rings is 3. The van der Waals surface area contributed by atoms with Crippen molar-refractivity contribution in [3.63, 3.8) is 0 Å². The highest BCUT2D eigenvalue weighted by molar-refractivity contribution is 7.84. The van der Waals surface area contributed by atoms with Gasteiger partial charge in [0.05, 0.1) is 18.8 Å². The molecule has 1 heterocycles. The van der Waals surface area contributed by atoms with Gasteiger partial charge in [-0.15, -0.1) is 11.3 Å². The van der Waals surface area contributed by atoms with Crippen LogP contribution in [0.1, 0.15) is 22.2 Å². The number of nitrogens with two attached hydrogens (primary N) is 1. The maximum atomic E-state index is 13.6. The van der Waals surface area contributed by atoms with Gasteiger partial charge in [0, 0.05) is 17.4 Å². The zero-order chi connectivity index (χ0) is 28.5. The summed E-state index contributed by atoms with van der Waals surface area (Å²) < 4.78 is 32.0. The van der Waals surface area contributed by atoms with Crippen molar-refractivity contribution in [2.75, 3.05) is 7.11 Å². The molecule has 3 aromatic carbocycles. The van der Waals surface area contributed by atoms with Gasteiger partial charge in [-0.1, -0.05) is 72.8 Å². The van der Waals surface area contributed by atoms with E-state index in [0.29, 0.717) is 11.4 Å². The van der Waals surface area contributed by atoms with E-state index in [2.05, 4.69) is 10.6 Å². The van der Waals surface area contributed by atoms with E-state index in [1.54, 1.807) is 12.1 Å². The summed E-state index contributed by atoms with van der Waals surface area (Å²) >= 11 is 1.40. The molecule has 12 heteroatoms. The van der Waals surface area contributed by atoms with Gasteiger partial charge in [-0.3, -0.25) is 4.79 Å². The van der Waals surface area contributed by atoms with Crippen molar-refractivity contribution < 1.29 is 26.9 Å². The number of aromatic nitrogens is 1. The molecule has 0 aliphatic rings. The van der Waals surface area contributed by atoms with Crippen LogP contribution in [0.25, 0.3) is 11.3 Å². The number of rotatable bonds is 11. The minimum absolute atomic E-state index is 0.0673. The number of carbonyl (C=O) groups excluding carboxylic acids is 2. The standard InChI is InChI=1S/C28H28N4O6S2/c1-37-28(34)32-23(16-19-8-4-2-5-9-19)26(33)30-24(17-20-12-14-22(15-13-20)38-40(29,35)36)27-31-25(18-39-27)21-10-6-3-7-11-21/h2-15,18,23-24H,16-17H2,1H3,(H,30,33)(H,32,34)(H2,29,35,36). The lowest BCUT2D eigenvalue weighted by molar-refractivity contribution is -0.123. The molecular formula is C28H28N4O6S2. The van der Waals surface area contributed by atoms with E-state index in [-0.39, 0.29) is 12.2 Å². The zero-order valence-electron chi connectivity index (χ0n) is 21.5. The van der Waals surface area contributed by atoms with Gasteiger partial charge in [-0.2, -0.15) is 13.6 Å². The molecule has 40 heavy (non-hydrogen) atoms. The molecule has 10 nitrogen and oxygen atoms in total. The Kier molecular flexibility index (Phi) is 9.48. The number of hydrogen-bond donors (Lipinski definition) is 3. The van der Waals surface area contributed by atoms with Crippen molar-refractivity contribution in [2.45, 2.75) is 24.9 Å². The van der Waals surface area contributed by atoms with Crippen molar-refractivity contribution in [3.8, 4) is 17.0 Å². The van der Waals surface area contributed by atoms with Gasteiger partial charge < -0.3 is 19.6 Å². The van der Waals surface area contributed by atoms with Crippen LogP contribution < -0.4 is 20.0 Å². The molecule has 4 N–H and O–H groups in total. The molecule has 0 bridgehead atoms. The van der Waals surface area contributed by atoms with E-state index in [0.717, 1.165) is 22.4 Å². The van der Waals surface area contributed by atoms with Crippen LogP contribution >= 0.6 is 11.3 Å². The average Bonchev–Trinajstić information content (AvgIpc) is 3.44. The number of nitrogens with one attached hydrogen (secondary N) is 2. The molecule has 0 fully saturated rings. The highest BCUT2D eigenvalue weighted by Gasteiger charge is 2.26. The van der Waals surface area contributed by atoms with Crippen LogP contribution in [-0.2, 0) is 32.7 Å². The van der Waals surface area contributed by atoms with Gasteiger partial charge in [-0.25, -0.2) is 9.78 Å². The highest BCUT2D eigenvalue weighted by Crippen LogP contribution is 2.28. The molecule has 0 saturated carbocycles. The average molecular weight is 581 g/mol. The molecule has 0 spiro atoms. The first-order valence-electron chi connectivity index (χ1n) is 12.2. The third-order valence-corrected chi connectivity index (χ3v) is 7.24. The molecule has 0 saturated heterocycles. The first-order valence-corrected chi connectivity index (χ1v) is 14.6. The second kappa shape index (κ2) is 13.2. The number of nitrogens with zero attached hydrogens (tertiary/aromatic N) is 1. The number of hydrogen-bond acceptors (Lipinski definition) is 8. The molecule has 4 rings (SSSR count). The SMILES string of the molecule is COC(=O)NC(Cc1ccccc1)C(=O)NC(Cc1ccc(OS(N)(=O)=O)cc1)c1nc(-c2ccccc2)cs1. The van der Waals surface area contributed by atoms with E-state index < -0.39 is 34.4 Å². The topological polar surface area (TPSA) is 150 Å². The fourth-order valence-electron chi connectivity index (χ4n) is 3.97. The summed E-state index contributed by atoms with van der Waals surface area (Å²) in [6.45, 7) is 0. The number of amides is 2. The van der Waals surface area contributed by atoms with Crippen LogP contribution in [0.15, 0.2) is 90.3 Å². The molecule has 1 aromatic heterocycles. The molecule has 0 aliphatic carbocycles. The fourth-order valence-corrected chi connectivity index (χ4v) is 5.23. The Morgan fingerprint density at radius 3 is 2.15 bits per heavy atom. The molecule has 208 valence electrons. The summed E-state index contributed by atoms with van der Waals surface area (Å²) in [5, 5.41) is 13.2. The minimum Gasteiger partial charge on any atom is -0.453 e. The Labute approximate surface area is 236 Å². The summed E-state index contributed by atoms with van der Waals surface area (Å²) in [5.74, 6) is -0.345. The molecule has 4 aromatic rings. The van der Waals surface area contributed by atoms with Gasteiger partial charge in [0.1, 0.15) is 16.8 Å². The van der Waals surface area contributed by atoms with E-state index in [4.69, 9.17) is 19.0 Å². The third-order valence-electron chi connectivity index (χ3n) is 5.86. The Morgan fingerprint density at radius 2 is 1.52 bits per heavy atom. The fraction of sp³-hybridized carbons (Fsp3) is 0.179. The summed E-state index contributed by atoms with van der Waals surface area (Å²) in [4.78, 5) is 30.4. The van der Waals surface area contributed by atoms with Crippen LogP contribution in [0.3, 0.4) is 0 Å². The quantitative estimate of drug-likeness (QED) is 0.244. The lowest BCUT2D eigenvalue weighted by Crippen LogP contribution is -2.49. The number of alkyl carbamates (subject to hydrolysis) is 1. The normalized spacial score (nSPS) is 12.7. The highest BCUT2D eigenvalue weighted by atomic mass is 32.2. The molecule has 0 aliphatic heterocycles. The number of ether oxygens (including phenoxy) is 1. The van der Waals surface area contributed by atoms with Crippen LogP contribution in [-0.4, -0.2) is 38.6 Å². The van der Waals surface area contributed by atoms with E-state index in [1.807, 2.05) is 66.0 Å². The molecule has 0 radical (unpaired) electrons. The lowest BCUT2D eigenvalue weighted by atomic mass is 10.0. The maximum Gasteiger partial charge on any atom is 0.407 e. The Balaban J connectivity index is 1.60. The van der Waals surface area contributed by atoms with Crippen LogP contribution in [0.4, 0.5) is 4.79 Å². The van der Waals surface area contributed by atoms with Crippen molar-refractivity contribution in [1.29, 1.82) is 0 Å². The minimum atomic E-state index is -4.15. The number of carbonyl (C=O) groups is 2. The largest absolute Gasteiger partial charge is 0.453 e. The van der Waals surface area contributed by atoms with Crippen molar-refractivity contribution in [2.24, 2.45) is 5.14 Å². The number of methoxy groups -OCH3 is 1. The summed E-state index contributed by atoms with van der Waals surface area (Å²) in [6.07, 6.45) is -0.139. The van der Waals surface area contributed by atoms with Crippen molar-refractivity contribution in [1.82, 2.24) is 15.6 Å². The Morgan fingerprint density at radius 1 is 0.900 bits per heavy atom. The van der Waals surface area contributed by atoms with Gasteiger partial charge >= 0.3 is 16.4 Å². The third kappa shape index (κ3) is 8.37. The predicted octanol–water partition coefficient (Wildman–Crippen LogP) is 3.76. The second-order valence-electron chi connectivity index (χ2n) is 8.80. The Hall–Kier alpha value is -4.26. The van der Waals surface area contributed by atoms with E-state index in [9.17, 15) is 18.0 Å². The summed E-state index contributed by atoms with van der Waals surface area (Å²) in [5.41, 5.74) is 3.35. The van der Waals surface area contributed by atoms with Crippen molar-refractivity contribution >= 4 is 33.6 Å². The van der Waals surface area contributed by atoms with Gasteiger partial charge in [-0.05, 0) is 29.7 Å². The monoisotopic (exact) mass is 580 g/mol. The van der Waals surface area contributed by atoms with Crippen LogP contribution in [0.5, 0.6) is 5.75 Å². The smallest absolute Gasteiger partial charge is 0.407 e. The first-order chi connectivity index (χ1) is 19.2. The van der Waals surface area contributed by atoms with E-state index >= 15 is 0 Å². The van der Waals surface area contributed by atoms with E-state index in [1.165, 1.54) is 30.6 Å². The first kappa shape index (κ1) is 28.7. The van der Waals surface area contributed by atoms with Gasteiger partial charge in [0.2, 0.25) is 5.91 Å².